The second kappa shape index (κ2) is 10.6. The van der Waals surface area contributed by atoms with Gasteiger partial charge in [-0.3, -0.25) is 10.1 Å². The molecule has 1 aliphatic heterocycles. The normalized spacial score (nSPS) is 14.8. The third-order valence-corrected chi connectivity index (χ3v) is 8.33. The van der Waals surface area contributed by atoms with Crippen LogP contribution >= 0.6 is 11.3 Å². The SMILES string of the molecule is O=C(/C=C/c1ccc(S(=O)(=O)N2CCOCC2)cc1)Nc1nc2ccc(Oc3ccccc3)cc2s1. The van der Waals surface area contributed by atoms with E-state index in [2.05, 4.69) is 10.3 Å². The van der Waals surface area contributed by atoms with Crippen LogP contribution in [0.3, 0.4) is 0 Å². The van der Waals surface area contributed by atoms with E-state index in [4.69, 9.17) is 9.47 Å². The number of nitrogens with zero attached hydrogens (tertiary/aromatic N) is 2. The Balaban J connectivity index is 1.21. The summed E-state index contributed by atoms with van der Waals surface area (Å²) in [5, 5.41) is 3.25. The van der Waals surface area contributed by atoms with Gasteiger partial charge in [0.05, 0.1) is 28.3 Å². The number of sulfonamides is 1. The van der Waals surface area contributed by atoms with Crippen molar-refractivity contribution in [2.75, 3.05) is 31.6 Å². The molecule has 0 aliphatic carbocycles. The maximum absolute atomic E-state index is 12.7. The Labute approximate surface area is 212 Å². The fraction of sp³-hybridized carbons (Fsp3) is 0.154. The minimum absolute atomic E-state index is 0.219. The number of ether oxygens (including phenoxy) is 2. The van der Waals surface area contributed by atoms with Crippen molar-refractivity contribution in [1.82, 2.24) is 9.29 Å². The summed E-state index contributed by atoms with van der Waals surface area (Å²) in [5.74, 6) is 1.10. The number of thiazole rings is 1. The van der Waals surface area contributed by atoms with Gasteiger partial charge in [-0.2, -0.15) is 4.31 Å². The smallest absolute Gasteiger partial charge is 0.250 e. The number of aromatic nitrogens is 1. The predicted molar refractivity (Wildman–Crippen MR) is 140 cm³/mol. The number of hydrogen-bond donors (Lipinski definition) is 1. The summed E-state index contributed by atoms with van der Waals surface area (Å²) < 4.78 is 38.9. The molecule has 1 fully saturated rings. The van der Waals surface area contributed by atoms with E-state index in [1.54, 1.807) is 30.3 Å². The molecule has 0 saturated carbocycles. The molecular formula is C26H23N3O5S2. The second-order valence-corrected chi connectivity index (χ2v) is 10.9. The summed E-state index contributed by atoms with van der Waals surface area (Å²) in [6.07, 6.45) is 3.01. The zero-order valence-corrected chi connectivity index (χ0v) is 20.8. The fourth-order valence-electron chi connectivity index (χ4n) is 3.65. The van der Waals surface area contributed by atoms with Gasteiger partial charge in [0.1, 0.15) is 11.5 Å². The minimum Gasteiger partial charge on any atom is -0.457 e. The molecule has 1 amide bonds. The number of para-hydroxylation sites is 1. The van der Waals surface area contributed by atoms with E-state index in [0.717, 1.165) is 16.0 Å². The van der Waals surface area contributed by atoms with Gasteiger partial charge in [-0.15, -0.1) is 0 Å². The topological polar surface area (TPSA) is 97.8 Å². The van der Waals surface area contributed by atoms with Gasteiger partial charge in [0.2, 0.25) is 15.9 Å². The summed E-state index contributed by atoms with van der Waals surface area (Å²) in [6.45, 7) is 1.48. The standard InChI is InChI=1S/C26H23N3O5S2/c30-25(13-8-19-6-10-22(11-7-19)36(31,32)29-14-16-33-17-15-29)28-26-27-23-12-9-21(18-24(23)35-26)34-20-4-2-1-3-5-20/h1-13,18H,14-17H2,(H,27,28,30)/b13-8+. The van der Waals surface area contributed by atoms with Crippen molar-refractivity contribution < 1.29 is 22.7 Å². The molecule has 10 heteroatoms. The Morgan fingerprint density at radius 2 is 1.75 bits per heavy atom. The maximum Gasteiger partial charge on any atom is 0.250 e. The van der Waals surface area contributed by atoms with Crippen molar-refractivity contribution in [3.63, 3.8) is 0 Å². The van der Waals surface area contributed by atoms with E-state index in [9.17, 15) is 13.2 Å². The van der Waals surface area contributed by atoms with Gasteiger partial charge < -0.3 is 9.47 Å². The Morgan fingerprint density at radius 3 is 2.50 bits per heavy atom. The van der Waals surface area contributed by atoms with Crippen LogP contribution in [0.25, 0.3) is 16.3 Å². The molecule has 0 bridgehead atoms. The lowest BCUT2D eigenvalue weighted by molar-refractivity contribution is -0.111. The summed E-state index contributed by atoms with van der Waals surface area (Å²) in [6, 6.07) is 21.5. The molecule has 1 aliphatic rings. The van der Waals surface area contributed by atoms with E-state index in [1.165, 1.54) is 21.7 Å². The van der Waals surface area contributed by atoms with Crippen LogP contribution in [0.15, 0.2) is 83.8 Å². The quantitative estimate of drug-likeness (QED) is 0.352. The summed E-state index contributed by atoms with van der Waals surface area (Å²) in [5.41, 5.74) is 1.47. The molecule has 36 heavy (non-hydrogen) atoms. The van der Waals surface area contributed by atoms with Gasteiger partial charge in [0.25, 0.3) is 0 Å². The molecule has 184 valence electrons. The van der Waals surface area contributed by atoms with Gasteiger partial charge in [-0.05, 0) is 48.0 Å². The molecule has 1 saturated heterocycles. The Hall–Kier alpha value is -3.57. The number of fused-ring (bicyclic) bond motifs is 1. The summed E-state index contributed by atoms with van der Waals surface area (Å²) in [7, 11) is -3.55. The predicted octanol–water partition coefficient (Wildman–Crippen LogP) is 4.76. The summed E-state index contributed by atoms with van der Waals surface area (Å²) >= 11 is 1.35. The molecule has 0 spiro atoms. The lowest BCUT2D eigenvalue weighted by atomic mass is 10.2. The second-order valence-electron chi connectivity index (χ2n) is 7.97. The molecule has 8 nitrogen and oxygen atoms in total. The van der Waals surface area contributed by atoms with E-state index < -0.39 is 10.0 Å². The number of nitrogens with one attached hydrogen (secondary N) is 1. The highest BCUT2D eigenvalue weighted by atomic mass is 32.2. The molecule has 1 aromatic heterocycles. The van der Waals surface area contributed by atoms with Gasteiger partial charge >= 0.3 is 0 Å². The van der Waals surface area contributed by atoms with Crippen LogP contribution in [-0.2, 0) is 19.6 Å². The van der Waals surface area contributed by atoms with Crippen molar-refractivity contribution in [1.29, 1.82) is 0 Å². The Bertz CT molecular complexity index is 1490. The Morgan fingerprint density at radius 1 is 1.00 bits per heavy atom. The number of benzene rings is 3. The van der Waals surface area contributed by atoms with Crippen LogP contribution in [0.2, 0.25) is 0 Å². The van der Waals surface area contributed by atoms with Gasteiger partial charge in [0.15, 0.2) is 5.13 Å². The molecule has 3 aromatic carbocycles. The van der Waals surface area contributed by atoms with Crippen LogP contribution in [0.4, 0.5) is 5.13 Å². The Kier molecular flexibility index (Phi) is 7.10. The lowest BCUT2D eigenvalue weighted by Gasteiger charge is -2.26. The molecular weight excluding hydrogens is 498 g/mol. The van der Waals surface area contributed by atoms with Gasteiger partial charge in [-0.25, -0.2) is 13.4 Å². The monoisotopic (exact) mass is 521 g/mol. The number of morpholine rings is 1. The van der Waals surface area contributed by atoms with Gasteiger partial charge in [-0.1, -0.05) is 41.7 Å². The van der Waals surface area contributed by atoms with Crippen LogP contribution in [0.5, 0.6) is 11.5 Å². The molecule has 4 aromatic rings. The van der Waals surface area contributed by atoms with E-state index in [1.807, 2.05) is 48.5 Å². The van der Waals surface area contributed by atoms with Crippen molar-refractivity contribution in [2.45, 2.75) is 4.90 Å². The maximum atomic E-state index is 12.7. The molecule has 5 rings (SSSR count). The summed E-state index contributed by atoms with van der Waals surface area (Å²) in [4.78, 5) is 17.1. The number of hydrogen-bond acceptors (Lipinski definition) is 7. The lowest BCUT2D eigenvalue weighted by Crippen LogP contribution is -2.40. The van der Waals surface area contributed by atoms with Crippen LogP contribution in [-0.4, -0.2) is 49.9 Å². The largest absolute Gasteiger partial charge is 0.457 e. The zero-order chi connectivity index (χ0) is 25.0. The number of carbonyl (C=O) groups excluding carboxylic acids is 1. The first-order chi connectivity index (χ1) is 17.5. The highest BCUT2D eigenvalue weighted by Crippen LogP contribution is 2.31. The number of carbonyl (C=O) groups is 1. The van der Waals surface area contributed by atoms with Crippen molar-refractivity contribution in [3.05, 3.63) is 84.4 Å². The molecule has 0 unspecified atom stereocenters. The molecule has 1 N–H and O–H groups in total. The van der Waals surface area contributed by atoms with E-state index in [0.29, 0.717) is 42.7 Å². The number of rotatable bonds is 7. The highest BCUT2D eigenvalue weighted by Gasteiger charge is 2.25. The van der Waals surface area contributed by atoms with E-state index in [-0.39, 0.29) is 10.8 Å². The van der Waals surface area contributed by atoms with Crippen molar-refractivity contribution >= 4 is 48.7 Å². The van der Waals surface area contributed by atoms with Crippen molar-refractivity contribution in [3.8, 4) is 11.5 Å². The molecule has 0 radical (unpaired) electrons. The number of amides is 1. The first-order valence-electron chi connectivity index (χ1n) is 11.3. The average molecular weight is 522 g/mol. The highest BCUT2D eigenvalue weighted by molar-refractivity contribution is 7.89. The first kappa shape index (κ1) is 24.1. The van der Waals surface area contributed by atoms with Gasteiger partial charge in [0, 0.05) is 25.2 Å². The van der Waals surface area contributed by atoms with E-state index >= 15 is 0 Å². The molecule has 0 atom stereocenters. The third kappa shape index (κ3) is 5.63. The number of anilines is 1. The molecule has 2 heterocycles. The van der Waals surface area contributed by atoms with Crippen LogP contribution in [0.1, 0.15) is 5.56 Å². The third-order valence-electron chi connectivity index (χ3n) is 5.48. The fourth-order valence-corrected chi connectivity index (χ4v) is 5.96. The van der Waals surface area contributed by atoms with Crippen LogP contribution < -0.4 is 10.1 Å². The van der Waals surface area contributed by atoms with Crippen molar-refractivity contribution in [2.24, 2.45) is 0 Å². The minimum atomic E-state index is -3.55. The zero-order valence-electron chi connectivity index (χ0n) is 19.2. The average Bonchev–Trinajstić information content (AvgIpc) is 3.30. The van der Waals surface area contributed by atoms with Crippen LogP contribution in [0, 0.1) is 0 Å². The first-order valence-corrected chi connectivity index (χ1v) is 13.5.